The van der Waals surface area contributed by atoms with Crippen molar-refractivity contribution in [1.29, 1.82) is 0 Å². The summed E-state index contributed by atoms with van der Waals surface area (Å²) < 4.78 is 4.99. The molecule has 1 aromatic carbocycles. The number of para-hydroxylation sites is 1. The quantitative estimate of drug-likeness (QED) is 0.798. The Balaban J connectivity index is 2.17. The number of esters is 1. The van der Waals surface area contributed by atoms with Crippen LogP contribution in [0.1, 0.15) is 23.0 Å². The highest BCUT2D eigenvalue weighted by Gasteiger charge is 2.13. The Kier molecular flexibility index (Phi) is 4.89. The highest BCUT2D eigenvalue weighted by molar-refractivity contribution is 7.13. The van der Waals surface area contributed by atoms with Crippen molar-refractivity contribution in [3.63, 3.8) is 0 Å². The Bertz CT molecular complexity index is 654. The number of nitrogens with one attached hydrogen (secondary N) is 1. The number of carboxylic acids is 1. The van der Waals surface area contributed by atoms with Crippen molar-refractivity contribution in [1.82, 2.24) is 4.98 Å². The zero-order valence-electron chi connectivity index (χ0n) is 11.3. The second-order valence-corrected chi connectivity index (χ2v) is 4.96. The smallest absolute Gasteiger partial charge is 0.340 e. The van der Waals surface area contributed by atoms with Crippen LogP contribution in [-0.2, 0) is 16.0 Å². The summed E-state index contributed by atoms with van der Waals surface area (Å²) >= 11 is 1.28. The molecule has 1 heterocycles. The van der Waals surface area contributed by atoms with E-state index in [4.69, 9.17) is 9.84 Å². The fourth-order valence-corrected chi connectivity index (χ4v) is 2.42. The maximum Gasteiger partial charge on any atom is 0.340 e. The lowest BCUT2D eigenvalue weighted by Gasteiger charge is -2.08. The first-order valence-corrected chi connectivity index (χ1v) is 7.17. The van der Waals surface area contributed by atoms with Crippen LogP contribution in [0.4, 0.5) is 10.8 Å². The van der Waals surface area contributed by atoms with E-state index in [1.807, 2.05) is 0 Å². The molecule has 0 atom stereocenters. The first-order valence-electron chi connectivity index (χ1n) is 6.29. The molecule has 2 rings (SSSR count). The molecule has 2 aromatic rings. The molecule has 7 heteroatoms. The van der Waals surface area contributed by atoms with Gasteiger partial charge in [0.2, 0.25) is 0 Å². The number of rotatable bonds is 6. The second kappa shape index (κ2) is 6.85. The van der Waals surface area contributed by atoms with E-state index in [2.05, 4.69) is 10.3 Å². The molecule has 0 fully saturated rings. The van der Waals surface area contributed by atoms with Gasteiger partial charge < -0.3 is 15.2 Å². The van der Waals surface area contributed by atoms with Crippen LogP contribution in [-0.4, -0.2) is 28.6 Å². The molecule has 0 spiro atoms. The molecule has 110 valence electrons. The van der Waals surface area contributed by atoms with Crippen LogP contribution in [0, 0.1) is 0 Å². The summed E-state index contributed by atoms with van der Waals surface area (Å²) in [5.41, 5.74) is 1.46. The SMILES string of the molecule is CCOC(=O)c1ccccc1Nc1nc(CC(=O)O)cs1. The highest BCUT2D eigenvalue weighted by atomic mass is 32.1. The zero-order valence-corrected chi connectivity index (χ0v) is 12.1. The number of ether oxygens (including phenoxy) is 1. The van der Waals surface area contributed by atoms with Gasteiger partial charge in [0.15, 0.2) is 5.13 Å². The van der Waals surface area contributed by atoms with Crippen LogP contribution < -0.4 is 5.32 Å². The first kappa shape index (κ1) is 15.0. The van der Waals surface area contributed by atoms with E-state index in [9.17, 15) is 9.59 Å². The van der Waals surface area contributed by atoms with Crippen molar-refractivity contribution in [2.24, 2.45) is 0 Å². The summed E-state index contributed by atoms with van der Waals surface area (Å²) in [7, 11) is 0. The molecule has 0 saturated heterocycles. The molecule has 0 aliphatic carbocycles. The van der Waals surface area contributed by atoms with Crippen LogP contribution >= 0.6 is 11.3 Å². The van der Waals surface area contributed by atoms with Gasteiger partial charge in [0.05, 0.1) is 30.0 Å². The summed E-state index contributed by atoms with van der Waals surface area (Å²) in [5.74, 6) is -1.35. The Morgan fingerprint density at radius 3 is 2.86 bits per heavy atom. The fraction of sp³-hybridized carbons (Fsp3) is 0.214. The number of hydrogen-bond donors (Lipinski definition) is 2. The van der Waals surface area contributed by atoms with Gasteiger partial charge in [0.1, 0.15) is 0 Å². The molecule has 21 heavy (non-hydrogen) atoms. The fourth-order valence-electron chi connectivity index (χ4n) is 1.69. The van der Waals surface area contributed by atoms with Crippen molar-refractivity contribution < 1.29 is 19.4 Å². The number of hydrogen-bond acceptors (Lipinski definition) is 6. The van der Waals surface area contributed by atoms with Gasteiger partial charge in [0.25, 0.3) is 0 Å². The van der Waals surface area contributed by atoms with Gasteiger partial charge in [0, 0.05) is 5.38 Å². The maximum absolute atomic E-state index is 11.8. The molecule has 2 N–H and O–H groups in total. The minimum atomic E-state index is -0.932. The highest BCUT2D eigenvalue weighted by Crippen LogP contribution is 2.24. The van der Waals surface area contributed by atoms with Gasteiger partial charge >= 0.3 is 11.9 Å². The van der Waals surface area contributed by atoms with E-state index in [1.54, 1.807) is 36.6 Å². The topological polar surface area (TPSA) is 88.5 Å². The lowest BCUT2D eigenvalue weighted by molar-refractivity contribution is -0.136. The second-order valence-electron chi connectivity index (χ2n) is 4.11. The minimum absolute atomic E-state index is 0.127. The van der Waals surface area contributed by atoms with Gasteiger partial charge in [-0.3, -0.25) is 4.79 Å². The van der Waals surface area contributed by atoms with Crippen molar-refractivity contribution >= 4 is 34.1 Å². The normalized spacial score (nSPS) is 10.1. The van der Waals surface area contributed by atoms with Crippen molar-refractivity contribution in [2.45, 2.75) is 13.3 Å². The van der Waals surface area contributed by atoms with Crippen molar-refractivity contribution in [3.05, 3.63) is 40.9 Å². The summed E-state index contributed by atoms with van der Waals surface area (Å²) in [6.45, 7) is 2.04. The molecule has 0 aliphatic heterocycles. The average Bonchev–Trinajstić information content (AvgIpc) is 2.86. The molecular formula is C14H14N2O4S. The molecule has 0 radical (unpaired) electrons. The largest absolute Gasteiger partial charge is 0.481 e. The van der Waals surface area contributed by atoms with E-state index in [1.165, 1.54) is 11.3 Å². The van der Waals surface area contributed by atoms with Crippen molar-refractivity contribution in [3.8, 4) is 0 Å². The van der Waals surface area contributed by atoms with E-state index >= 15 is 0 Å². The monoisotopic (exact) mass is 306 g/mol. The molecule has 0 saturated carbocycles. The summed E-state index contributed by atoms with van der Waals surface area (Å²) in [6.07, 6.45) is -0.127. The number of nitrogens with zero attached hydrogens (tertiary/aromatic N) is 1. The third-order valence-corrected chi connectivity index (χ3v) is 3.35. The van der Waals surface area contributed by atoms with Crippen LogP contribution in [0.5, 0.6) is 0 Å². The van der Waals surface area contributed by atoms with E-state index in [0.29, 0.717) is 28.7 Å². The van der Waals surface area contributed by atoms with Gasteiger partial charge in [-0.1, -0.05) is 12.1 Å². The average molecular weight is 306 g/mol. The predicted molar refractivity (Wildman–Crippen MR) is 79.1 cm³/mol. The maximum atomic E-state index is 11.8. The number of thiazole rings is 1. The summed E-state index contributed by atoms with van der Waals surface area (Å²) in [6, 6.07) is 6.93. The zero-order chi connectivity index (χ0) is 15.2. The molecule has 6 nitrogen and oxygen atoms in total. The number of aliphatic carboxylic acids is 1. The number of benzene rings is 1. The third kappa shape index (κ3) is 4.03. The Morgan fingerprint density at radius 2 is 2.14 bits per heavy atom. The molecule has 0 bridgehead atoms. The molecular weight excluding hydrogens is 292 g/mol. The molecule has 0 aliphatic rings. The number of anilines is 2. The van der Waals surface area contributed by atoms with Crippen LogP contribution in [0.25, 0.3) is 0 Å². The first-order chi connectivity index (χ1) is 10.1. The van der Waals surface area contributed by atoms with Gasteiger partial charge in [-0.05, 0) is 19.1 Å². The number of carbonyl (C=O) groups excluding carboxylic acids is 1. The minimum Gasteiger partial charge on any atom is -0.481 e. The van der Waals surface area contributed by atoms with Gasteiger partial charge in [-0.2, -0.15) is 0 Å². The third-order valence-electron chi connectivity index (χ3n) is 2.55. The number of aromatic nitrogens is 1. The number of carbonyl (C=O) groups is 2. The summed E-state index contributed by atoms with van der Waals surface area (Å²) in [5, 5.41) is 13.9. The lowest BCUT2D eigenvalue weighted by atomic mass is 10.2. The Hall–Kier alpha value is -2.41. The van der Waals surface area contributed by atoms with Crippen molar-refractivity contribution in [2.75, 3.05) is 11.9 Å². The van der Waals surface area contributed by atoms with E-state index < -0.39 is 11.9 Å². The van der Waals surface area contributed by atoms with Crippen LogP contribution in [0.3, 0.4) is 0 Å². The van der Waals surface area contributed by atoms with Crippen LogP contribution in [0.15, 0.2) is 29.6 Å². The molecule has 0 amide bonds. The van der Waals surface area contributed by atoms with Gasteiger partial charge in [-0.15, -0.1) is 11.3 Å². The Morgan fingerprint density at radius 1 is 1.38 bits per heavy atom. The van der Waals surface area contributed by atoms with E-state index in [-0.39, 0.29) is 6.42 Å². The van der Waals surface area contributed by atoms with Gasteiger partial charge in [-0.25, -0.2) is 9.78 Å². The van der Waals surface area contributed by atoms with E-state index in [0.717, 1.165) is 0 Å². The predicted octanol–water partition coefficient (Wildman–Crippen LogP) is 2.69. The standard InChI is InChI=1S/C14H14N2O4S/c1-2-20-13(19)10-5-3-4-6-11(10)16-14-15-9(8-21-14)7-12(17)18/h3-6,8H,2,7H2,1H3,(H,15,16)(H,17,18). The lowest BCUT2D eigenvalue weighted by Crippen LogP contribution is -2.07. The Labute approximate surface area is 125 Å². The molecule has 0 unspecified atom stereocenters. The summed E-state index contributed by atoms with van der Waals surface area (Å²) in [4.78, 5) is 26.7. The van der Waals surface area contributed by atoms with Crippen LogP contribution in [0.2, 0.25) is 0 Å². The number of carboxylic acid groups (broad SMARTS) is 1. The molecule has 1 aromatic heterocycles.